The van der Waals surface area contributed by atoms with E-state index in [4.69, 9.17) is 10.4 Å². The lowest BCUT2D eigenvalue weighted by Gasteiger charge is -2.37. The number of carboxylic acids is 1. The van der Waals surface area contributed by atoms with E-state index in [-0.39, 0.29) is 5.92 Å². The molecule has 0 saturated heterocycles. The van der Waals surface area contributed by atoms with Crippen molar-refractivity contribution in [3.05, 3.63) is 60.2 Å². The number of unbranched alkanes of at least 4 members (excludes halogenated alkanes) is 2. The number of hydrogen-bond acceptors (Lipinski definition) is 2. The van der Waals surface area contributed by atoms with Crippen molar-refractivity contribution < 1.29 is 9.90 Å². The normalized spacial score (nSPS) is 24.4. The quantitative estimate of drug-likeness (QED) is 0.422. The second-order valence-corrected chi connectivity index (χ2v) is 10.3. The molecule has 4 rings (SSSR count). The van der Waals surface area contributed by atoms with Gasteiger partial charge in [-0.1, -0.05) is 87.9 Å². The highest BCUT2D eigenvalue weighted by Crippen LogP contribution is 2.42. The summed E-state index contributed by atoms with van der Waals surface area (Å²) in [6, 6.07) is 19.8. The van der Waals surface area contributed by atoms with Crippen molar-refractivity contribution >= 4 is 5.97 Å². The zero-order chi connectivity index (χ0) is 24.2. The molecular weight excluding hydrogens is 418 g/mol. The highest BCUT2D eigenvalue weighted by atomic mass is 16.4. The Morgan fingerprint density at radius 1 is 0.824 bits per heavy atom. The van der Waals surface area contributed by atoms with Crippen molar-refractivity contribution in [3.63, 3.8) is 0 Å². The highest BCUT2D eigenvalue weighted by molar-refractivity contribution is 5.70. The summed E-state index contributed by atoms with van der Waals surface area (Å²) in [4.78, 5) is 11.0. The molecule has 1 N–H and O–H groups in total. The molecule has 2 aromatic carbocycles. The van der Waals surface area contributed by atoms with Crippen LogP contribution in [0.3, 0.4) is 0 Å². The number of benzene rings is 2. The lowest BCUT2D eigenvalue weighted by molar-refractivity contribution is -0.143. The number of aliphatic carboxylic acids is 1. The summed E-state index contributed by atoms with van der Waals surface area (Å²) in [6.07, 6.45) is 15.5. The fourth-order valence-corrected chi connectivity index (χ4v) is 5.84. The zero-order valence-electron chi connectivity index (χ0n) is 20.8. The molecule has 3 heteroatoms. The molecule has 0 atom stereocenters. The van der Waals surface area contributed by atoms with E-state index in [1.54, 1.807) is 0 Å². The molecule has 0 aliphatic heterocycles. The average Bonchev–Trinajstić information content (AvgIpc) is 2.90. The van der Waals surface area contributed by atoms with Crippen LogP contribution in [0.2, 0.25) is 0 Å². The smallest absolute Gasteiger partial charge is 0.306 e. The Labute approximate surface area is 206 Å². The minimum atomic E-state index is -0.567. The highest BCUT2D eigenvalue weighted by Gasteiger charge is 2.32. The molecule has 0 radical (unpaired) electrons. The summed E-state index contributed by atoms with van der Waals surface area (Å²) >= 11 is 0. The Morgan fingerprint density at radius 2 is 1.38 bits per heavy atom. The monoisotopic (exact) mass is 459 g/mol. The van der Waals surface area contributed by atoms with Gasteiger partial charge in [0.1, 0.15) is 0 Å². The molecule has 3 nitrogen and oxygen atoms in total. The second kappa shape index (κ2) is 14.0. The van der Waals surface area contributed by atoms with Crippen molar-refractivity contribution in [1.29, 1.82) is 5.26 Å². The number of carboxylic acid groups (broad SMARTS) is 1. The molecule has 2 aromatic rings. The van der Waals surface area contributed by atoms with Gasteiger partial charge >= 0.3 is 5.97 Å². The molecule has 2 saturated carbocycles. The Morgan fingerprint density at radius 3 is 1.91 bits per heavy atom. The third-order valence-electron chi connectivity index (χ3n) is 8.02. The molecule has 0 heterocycles. The summed E-state index contributed by atoms with van der Waals surface area (Å²) in [6.45, 7) is 2.28. The van der Waals surface area contributed by atoms with Gasteiger partial charge in [-0.15, -0.1) is 0 Å². The Kier molecular flexibility index (Phi) is 10.7. The summed E-state index contributed by atoms with van der Waals surface area (Å²) in [5, 5.41) is 17.7. The Hall–Kier alpha value is -2.60. The average molecular weight is 460 g/mol. The first-order valence-corrected chi connectivity index (χ1v) is 13.4. The van der Waals surface area contributed by atoms with Crippen LogP contribution in [0.5, 0.6) is 0 Å². The van der Waals surface area contributed by atoms with Crippen LogP contribution in [-0.2, 0) is 4.79 Å². The van der Waals surface area contributed by atoms with Crippen LogP contribution in [0.1, 0.15) is 89.5 Å². The van der Waals surface area contributed by atoms with Gasteiger partial charge in [-0.2, -0.15) is 5.26 Å². The number of nitrogens with zero attached hydrogens (tertiary/aromatic N) is 1. The van der Waals surface area contributed by atoms with Gasteiger partial charge in [-0.25, -0.2) is 0 Å². The van der Waals surface area contributed by atoms with E-state index in [2.05, 4.69) is 25.1 Å². The summed E-state index contributed by atoms with van der Waals surface area (Å²) in [5.41, 5.74) is 3.02. The van der Waals surface area contributed by atoms with E-state index >= 15 is 0 Å². The molecule has 0 amide bonds. The van der Waals surface area contributed by atoms with Crippen molar-refractivity contribution in [3.8, 4) is 17.2 Å². The standard InChI is InChI=1S/C18H32O2.C13H9N/c1-2-3-4-5-14-6-8-15(9-7-14)16-10-12-17(13-11-16)18(19)20;14-10-11-6-8-13(9-7-11)12-4-2-1-3-5-12/h14-17H,2-13H2,1H3,(H,19,20);1-9H. The molecule has 2 aliphatic rings. The van der Waals surface area contributed by atoms with Gasteiger partial charge in [0.05, 0.1) is 17.6 Å². The first-order valence-electron chi connectivity index (χ1n) is 13.4. The molecule has 34 heavy (non-hydrogen) atoms. The SMILES string of the molecule is CCCCCC1CCC(C2CCC(C(=O)O)CC2)CC1.N#Cc1ccc(-c2ccccc2)cc1. The van der Waals surface area contributed by atoms with Gasteiger partial charge in [0.25, 0.3) is 0 Å². The van der Waals surface area contributed by atoms with Crippen molar-refractivity contribution in [2.24, 2.45) is 23.7 Å². The van der Waals surface area contributed by atoms with Crippen LogP contribution in [0.25, 0.3) is 11.1 Å². The molecule has 0 aromatic heterocycles. The predicted molar refractivity (Wildman–Crippen MR) is 139 cm³/mol. The maximum Gasteiger partial charge on any atom is 0.306 e. The van der Waals surface area contributed by atoms with Gasteiger partial charge in [0.15, 0.2) is 0 Å². The van der Waals surface area contributed by atoms with E-state index in [1.165, 1.54) is 69.8 Å². The Balaban J connectivity index is 0.000000202. The van der Waals surface area contributed by atoms with Crippen LogP contribution in [-0.4, -0.2) is 11.1 Å². The number of rotatable bonds is 7. The van der Waals surface area contributed by atoms with Crippen LogP contribution >= 0.6 is 0 Å². The second-order valence-electron chi connectivity index (χ2n) is 10.3. The molecule has 0 spiro atoms. The minimum Gasteiger partial charge on any atom is -0.481 e. The third kappa shape index (κ3) is 8.01. The van der Waals surface area contributed by atoms with Crippen LogP contribution in [0, 0.1) is 35.0 Å². The molecule has 0 unspecified atom stereocenters. The van der Waals surface area contributed by atoms with Gasteiger partial charge in [-0.05, 0) is 79.5 Å². The minimum absolute atomic E-state index is 0.0448. The first kappa shape index (κ1) is 26.0. The van der Waals surface area contributed by atoms with Crippen molar-refractivity contribution in [2.75, 3.05) is 0 Å². The van der Waals surface area contributed by atoms with E-state index in [0.717, 1.165) is 36.2 Å². The largest absolute Gasteiger partial charge is 0.481 e. The maximum atomic E-state index is 11.0. The summed E-state index contributed by atoms with van der Waals surface area (Å²) < 4.78 is 0. The number of carbonyl (C=O) groups is 1. The van der Waals surface area contributed by atoms with Crippen LogP contribution in [0.15, 0.2) is 54.6 Å². The van der Waals surface area contributed by atoms with Gasteiger partial charge < -0.3 is 5.11 Å². The number of hydrogen-bond donors (Lipinski definition) is 1. The summed E-state index contributed by atoms with van der Waals surface area (Å²) in [7, 11) is 0. The van der Waals surface area contributed by atoms with Crippen LogP contribution in [0.4, 0.5) is 0 Å². The van der Waals surface area contributed by atoms with E-state index in [1.807, 2.05) is 42.5 Å². The number of nitriles is 1. The van der Waals surface area contributed by atoms with E-state index in [0.29, 0.717) is 5.56 Å². The predicted octanol–water partition coefficient (Wildman–Crippen LogP) is 8.49. The van der Waals surface area contributed by atoms with Gasteiger partial charge in [0, 0.05) is 0 Å². The van der Waals surface area contributed by atoms with Crippen molar-refractivity contribution in [1.82, 2.24) is 0 Å². The van der Waals surface area contributed by atoms with Gasteiger partial charge in [0.2, 0.25) is 0 Å². The topological polar surface area (TPSA) is 61.1 Å². The maximum absolute atomic E-state index is 11.0. The first-order chi connectivity index (χ1) is 16.6. The molecule has 182 valence electrons. The third-order valence-corrected chi connectivity index (χ3v) is 8.02. The fraction of sp³-hybridized carbons (Fsp3) is 0.548. The molecule has 0 bridgehead atoms. The van der Waals surface area contributed by atoms with Gasteiger partial charge in [-0.3, -0.25) is 4.79 Å². The fourth-order valence-electron chi connectivity index (χ4n) is 5.84. The summed E-state index contributed by atoms with van der Waals surface area (Å²) in [5.74, 6) is 2.13. The van der Waals surface area contributed by atoms with E-state index in [9.17, 15) is 4.79 Å². The van der Waals surface area contributed by atoms with Crippen LogP contribution < -0.4 is 0 Å². The Bertz CT molecular complexity index is 883. The lowest BCUT2D eigenvalue weighted by atomic mass is 9.68. The zero-order valence-corrected chi connectivity index (χ0v) is 20.8. The van der Waals surface area contributed by atoms with E-state index < -0.39 is 5.97 Å². The van der Waals surface area contributed by atoms with Crippen molar-refractivity contribution in [2.45, 2.75) is 84.0 Å². The molecule has 2 aliphatic carbocycles. The molecular formula is C31H41NO2. The lowest BCUT2D eigenvalue weighted by Crippen LogP contribution is -2.28. The molecule has 2 fully saturated rings.